The number of hydrogen-bond acceptors (Lipinski definition) is 4. The molecular formula is C21H17ClN4S. The highest BCUT2D eigenvalue weighted by molar-refractivity contribution is 7.98. The first-order valence-corrected chi connectivity index (χ1v) is 9.88. The Kier molecular flexibility index (Phi) is 5.23. The SMILES string of the molecule is Cc1cccc(-n2c(SCc3ccccc3Cl)nnc2-c2ccncc2)c1. The van der Waals surface area contributed by atoms with Crippen molar-refractivity contribution in [1.82, 2.24) is 19.7 Å². The van der Waals surface area contributed by atoms with E-state index in [4.69, 9.17) is 11.6 Å². The molecule has 0 radical (unpaired) electrons. The molecule has 0 N–H and O–H groups in total. The predicted octanol–water partition coefficient (Wildman–Crippen LogP) is 5.58. The Balaban J connectivity index is 1.75. The molecule has 0 fully saturated rings. The highest BCUT2D eigenvalue weighted by Crippen LogP contribution is 2.31. The fourth-order valence-electron chi connectivity index (χ4n) is 2.81. The molecule has 0 aliphatic heterocycles. The van der Waals surface area contributed by atoms with Crippen LogP contribution in [0.25, 0.3) is 17.1 Å². The number of nitrogens with zero attached hydrogens (tertiary/aromatic N) is 4. The minimum absolute atomic E-state index is 0.722. The maximum absolute atomic E-state index is 6.31. The van der Waals surface area contributed by atoms with E-state index >= 15 is 0 Å². The lowest BCUT2D eigenvalue weighted by molar-refractivity contribution is 0.885. The van der Waals surface area contributed by atoms with Crippen LogP contribution in [0, 0.1) is 6.92 Å². The van der Waals surface area contributed by atoms with Crippen LogP contribution in [0.1, 0.15) is 11.1 Å². The van der Waals surface area contributed by atoms with Crippen molar-refractivity contribution in [3.8, 4) is 17.1 Å². The molecule has 0 aliphatic carbocycles. The van der Waals surface area contributed by atoms with E-state index in [1.54, 1.807) is 24.2 Å². The van der Waals surface area contributed by atoms with E-state index in [0.717, 1.165) is 38.6 Å². The first kappa shape index (κ1) is 17.8. The molecule has 0 atom stereocenters. The van der Waals surface area contributed by atoms with Crippen molar-refractivity contribution in [3.05, 3.63) is 89.2 Å². The molecule has 0 saturated heterocycles. The molecule has 0 amide bonds. The van der Waals surface area contributed by atoms with Crippen molar-refractivity contribution in [1.29, 1.82) is 0 Å². The number of thioether (sulfide) groups is 1. The molecule has 27 heavy (non-hydrogen) atoms. The molecule has 0 bridgehead atoms. The van der Waals surface area contributed by atoms with Crippen molar-refractivity contribution >= 4 is 23.4 Å². The molecule has 4 rings (SSSR count). The highest BCUT2D eigenvalue weighted by Gasteiger charge is 2.16. The van der Waals surface area contributed by atoms with Crippen molar-refractivity contribution < 1.29 is 0 Å². The molecule has 2 aromatic heterocycles. The van der Waals surface area contributed by atoms with Crippen LogP contribution in [0.15, 0.2) is 78.2 Å². The molecule has 134 valence electrons. The van der Waals surface area contributed by atoms with E-state index < -0.39 is 0 Å². The summed E-state index contributed by atoms with van der Waals surface area (Å²) in [4.78, 5) is 4.10. The Morgan fingerprint density at radius 2 is 1.78 bits per heavy atom. The minimum Gasteiger partial charge on any atom is -0.270 e. The van der Waals surface area contributed by atoms with Crippen LogP contribution in [0.2, 0.25) is 5.02 Å². The van der Waals surface area contributed by atoms with Gasteiger partial charge in [0.05, 0.1) is 0 Å². The number of rotatable bonds is 5. The molecule has 2 heterocycles. The van der Waals surface area contributed by atoms with E-state index in [2.05, 4.69) is 44.9 Å². The van der Waals surface area contributed by atoms with E-state index in [1.807, 2.05) is 42.5 Å². The summed E-state index contributed by atoms with van der Waals surface area (Å²) in [5.41, 5.74) is 4.27. The van der Waals surface area contributed by atoms with Gasteiger partial charge in [0.1, 0.15) is 0 Å². The van der Waals surface area contributed by atoms with Gasteiger partial charge in [0, 0.05) is 34.4 Å². The quantitative estimate of drug-likeness (QED) is 0.415. The summed E-state index contributed by atoms with van der Waals surface area (Å²) in [6.45, 7) is 2.08. The summed E-state index contributed by atoms with van der Waals surface area (Å²) >= 11 is 7.93. The van der Waals surface area contributed by atoms with E-state index in [9.17, 15) is 0 Å². The molecular weight excluding hydrogens is 376 g/mol. The van der Waals surface area contributed by atoms with Crippen LogP contribution in [0.3, 0.4) is 0 Å². The van der Waals surface area contributed by atoms with Crippen molar-refractivity contribution in [2.75, 3.05) is 0 Å². The molecule has 0 spiro atoms. The van der Waals surface area contributed by atoms with E-state index in [1.165, 1.54) is 5.56 Å². The second-order valence-corrected chi connectivity index (χ2v) is 7.45. The number of halogens is 1. The Morgan fingerprint density at radius 1 is 0.963 bits per heavy atom. The van der Waals surface area contributed by atoms with Gasteiger partial charge in [-0.15, -0.1) is 10.2 Å². The summed E-state index contributed by atoms with van der Waals surface area (Å²) in [5.74, 6) is 1.52. The van der Waals surface area contributed by atoms with Crippen LogP contribution < -0.4 is 0 Å². The molecule has 0 unspecified atom stereocenters. The molecule has 0 aliphatic rings. The Bertz CT molecular complexity index is 1060. The largest absolute Gasteiger partial charge is 0.270 e. The number of aryl methyl sites for hydroxylation is 1. The fraction of sp³-hybridized carbons (Fsp3) is 0.0952. The van der Waals surface area contributed by atoms with Crippen LogP contribution in [-0.2, 0) is 5.75 Å². The number of pyridine rings is 1. The summed E-state index contributed by atoms with van der Waals surface area (Å²) in [6, 6.07) is 20.1. The number of benzene rings is 2. The number of hydrogen-bond donors (Lipinski definition) is 0. The average molecular weight is 393 g/mol. The maximum atomic E-state index is 6.31. The van der Waals surface area contributed by atoms with Crippen LogP contribution in [0.5, 0.6) is 0 Å². The smallest absolute Gasteiger partial charge is 0.196 e. The monoisotopic (exact) mass is 392 g/mol. The molecule has 4 aromatic rings. The Morgan fingerprint density at radius 3 is 2.56 bits per heavy atom. The minimum atomic E-state index is 0.722. The fourth-order valence-corrected chi connectivity index (χ4v) is 4.05. The van der Waals surface area contributed by atoms with Gasteiger partial charge in [-0.3, -0.25) is 9.55 Å². The van der Waals surface area contributed by atoms with Gasteiger partial charge in [-0.1, -0.05) is 53.7 Å². The van der Waals surface area contributed by atoms with Gasteiger partial charge >= 0.3 is 0 Å². The van der Waals surface area contributed by atoms with Crippen molar-refractivity contribution in [2.24, 2.45) is 0 Å². The highest BCUT2D eigenvalue weighted by atomic mass is 35.5. The second kappa shape index (κ2) is 7.94. The third kappa shape index (κ3) is 3.89. The zero-order valence-electron chi connectivity index (χ0n) is 14.7. The Hall–Kier alpha value is -2.63. The lowest BCUT2D eigenvalue weighted by Crippen LogP contribution is -2.00. The molecule has 6 heteroatoms. The van der Waals surface area contributed by atoms with Gasteiger partial charge in [0.2, 0.25) is 0 Å². The van der Waals surface area contributed by atoms with Crippen LogP contribution >= 0.6 is 23.4 Å². The first-order chi connectivity index (χ1) is 13.2. The van der Waals surface area contributed by atoms with Crippen molar-refractivity contribution in [3.63, 3.8) is 0 Å². The van der Waals surface area contributed by atoms with Gasteiger partial charge in [-0.05, 0) is 48.4 Å². The maximum Gasteiger partial charge on any atom is 0.196 e. The van der Waals surface area contributed by atoms with Crippen LogP contribution in [-0.4, -0.2) is 19.7 Å². The third-order valence-electron chi connectivity index (χ3n) is 4.15. The molecule has 0 saturated carbocycles. The third-order valence-corrected chi connectivity index (χ3v) is 5.49. The lowest BCUT2D eigenvalue weighted by atomic mass is 10.2. The summed E-state index contributed by atoms with van der Waals surface area (Å²) in [6.07, 6.45) is 3.53. The van der Waals surface area contributed by atoms with Gasteiger partial charge in [-0.25, -0.2) is 0 Å². The van der Waals surface area contributed by atoms with E-state index in [0.29, 0.717) is 0 Å². The average Bonchev–Trinajstić information content (AvgIpc) is 3.12. The van der Waals surface area contributed by atoms with Gasteiger partial charge in [0.25, 0.3) is 0 Å². The first-order valence-electron chi connectivity index (χ1n) is 8.51. The summed E-state index contributed by atoms with van der Waals surface area (Å²) in [5, 5.41) is 10.5. The zero-order chi connectivity index (χ0) is 18.6. The standard InChI is InChI=1S/C21H17ClN4S/c1-15-5-4-7-18(13-15)26-20(16-9-11-23-12-10-16)24-25-21(26)27-14-17-6-2-3-8-19(17)22/h2-13H,14H2,1H3. The van der Waals surface area contributed by atoms with Gasteiger partial charge in [-0.2, -0.15) is 0 Å². The molecule has 2 aromatic carbocycles. The van der Waals surface area contributed by atoms with Crippen LogP contribution in [0.4, 0.5) is 0 Å². The lowest BCUT2D eigenvalue weighted by Gasteiger charge is -2.11. The number of aromatic nitrogens is 4. The zero-order valence-corrected chi connectivity index (χ0v) is 16.3. The second-order valence-electron chi connectivity index (χ2n) is 6.10. The normalized spacial score (nSPS) is 10.9. The van der Waals surface area contributed by atoms with E-state index in [-0.39, 0.29) is 0 Å². The Labute approximate surface area is 167 Å². The molecule has 4 nitrogen and oxygen atoms in total. The van der Waals surface area contributed by atoms with Gasteiger partial charge in [0.15, 0.2) is 11.0 Å². The summed E-state index contributed by atoms with van der Waals surface area (Å²) in [7, 11) is 0. The predicted molar refractivity (Wildman–Crippen MR) is 110 cm³/mol. The van der Waals surface area contributed by atoms with Gasteiger partial charge < -0.3 is 0 Å². The topological polar surface area (TPSA) is 43.6 Å². The summed E-state index contributed by atoms with van der Waals surface area (Å²) < 4.78 is 2.09. The van der Waals surface area contributed by atoms with Crippen molar-refractivity contribution in [2.45, 2.75) is 17.8 Å².